The third-order valence-corrected chi connectivity index (χ3v) is 6.63. The van der Waals surface area contributed by atoms with Gasteiger partial charge in [-0.05, 0) is 49.4 Å². The fourth-order valence-corrected chi connectivity index (χ4v) is 4.73. The molecule has 2 aliphatic heterocycles. The van der Waals surface area contributed by atoms with Crippen molar-refractivity contribution in [2.24, 2.45) is 0 Å². The summed E-state index contributed by atoms with van der Waals surface area (Å²) < 4.78 is 47.0. The van der Waals surface area contributed by atoms with Gasteiger partial charge >= 0.3 is 10.1 Å². The highest BCUT2D eigenvalue weighted by molar-refractivity contribution is 7.87. The summed E-state index contributed by atoms with van der Waals surface area (Å²) >= 11 is 6.19. The standard InChI is InChI=1S/C24H17ClO7S/c1-14-2-5-19(6-3-14)33(27,28)32-18-4-7-20-21(11-18)31-22(23(20)26)10-15-8-17(25)9-16-12-29-13-30-24(15)16/h2-11H,12-13H2,1H3. The van der Waals surface area contributed by atoms with Crippen LogP contribution in [0.25, 0.3) is 6.08 Å². The van der Waals surface area contributed by atoms with Crippen LogP contribution in [-0.2, 0) is 21.5 Å². The fraction of sp³-hybridized carbons (Fsp3) is 0.125. The van der Waals surface area contributed by atoms with Crippen molar-refractivity contribution in [2.45, 2.75) is 18.4 Å². The normalized spacial score (nSPS) is 16.1. The van der Waals surface area contributed by atoms with Gasteiger partial charge in [0.2, 0.25) is 5.78 Å². The molecule has 0 radical (unpaired) electrons. The molecular weight excluding hydrogens is 468 g/mol. The van der Waals surface area contributed by atoms with Gasteiger partial charge in [-0.15, -0.1) is 0 Å². The van der Waals surface area contributed by atoms with E-state index in [0.29, 0.717) is 28.5 Å². The molecule has 0 saturated carbocycles. The largest absolute Gasteiger partial charge is 0.467 e. The molecule has 168 valence electrons. The minimum atomic E-state index is -4.04. The average Bonchev–Trinajstić information content (AvgIpc) is 3.08. The van der Waals surface area contributed by atoms with Crippen LogP contribution in [0.2, 0.25) is 5.02 Å². The maximum absolute atomic E-state index is 12.9. The predicted molar refractivity (Wildman–Crippen MR) is 120 cm³/mol. The highest BCUT2D eigenvalue weighted by Gasteiger charge is 2.29. The van der Waals surface area contributed by atoms with E-state index in [0.717, 1.165) is 11.1 Å². The van der Waals surface area contributed by atoms with Crippen molar-refractivity contribution in [3.05, 3.63) is 87.6 Å². The molecule has 0 unspecified atom stereocenters. The van der Waals surface area contributed by atoms with Gasteiger partial charge in [-0.3, -0.25) is 4.79 Å². The number of Topliss-reactive ketones (excluding diaryl/α,β-unsaturated/α-hetero) is 1. The number of fused-ring (bicyclic) bond motifs is 2. The Labute approximate surface area is 195 Å². The Morgan fingerprint density at radius 1 is 1.06 bits per heavy atom. The molecule has 0 fully saturated rings. The van der Waals surface area contributed by atoms with Gasteiger partial charge in [0.25, 0.3) is 0 Å². The second-order valence-corrected chi connectivity index (χ2v) is 9.52. The van der Waals surface area contributed by atoms with E-state index in [1.807, 2.05) is 6.92 Å². The Morgan fingerprint density at radius 2 is 1.85 bits per heavy atom. The molecule has 0 atom stereocenters. The third kappa shape index (κ3) is 4.20. The van der Waals surface area contributed by atoms with Crippen molar-refractivity contribution in [1.29, 1.82) is 0 Å². The van der Waals surface area contributed by atoms with Crippen LogP contribution in [0.1, 0.15) is 27.0 Å². The van der Waals surface area contributed by atoms with Crippen molar-refractivity contribution >= 4 is 33.6 Å². The molecule has 2 aliphatic rings. The summed E-state index contributed by atoms with van der Waals surface area (Å²) in [6.07, 6.45) is 1.54. The van der Waals surface area contributed by atoms with E-state index in [1.165, 1.54) is 30.3 Å². The molecule has 0 amide bonds. The zero-order chi connectivity index (χ0) is 23.2. The number of carbonyl (C=O) groups is 1. The quantitative estimate of drug-likeness (QED) is 0.384. The summed E-state index contributed by atoms with van der Waals surface area (Å²) in [5, 5.41) is 0.467. The van der Waals surface area contributed by atoms with Crippen LogP contribution in [0.3, 0.4) is 0 Å². The maximum atomic E-state index is 12.9. The molecule has 7 nitrogen and oxygen atoms in total. The molecule has 2 heterocycles. The van der Waals surface area contributed by atoms with Crippen molar-refractivity contribution in [1.82, 2.24) is 0 Å². The summed E-state index contributed by atoms with van der Waals surface area (Å²) in [5.74, 6) is 0.507. The van der Waals surface area contributed by atoms with E-state index in [-0.39, 0.29) is 34.7 Å². The summed E-state index contributed by atoms with van der Waals surface area (Å²) in [7, 11) is -4.04. The van der Waals surface area contributed by atoms with E-state index in [2.05, 4.69) is 0 Å². The molecule has 33 heavy (non-hydrogen) atoms. The predicted octanol–water partition coefficient (Wildman–Crippen LogP) is 4.90. The number of ether oxygens (including phenoxy) is 3. The molecule has 0 aliphatic carbocycles. The average molecular weight is 485 g/mol. The maximum Gasteiger partial charge on any atom is 0.339 e. The molecule has 0 saturated heterocycles. The minimum Gasteiger partial charge on any atom is -0.467 e. The molecule has 0 aromatic heterocycles. The van der Waals surface area contributed by atoms with Crippen LogP contribution in [0.15, 0.2) is 65.3 Å². The number of carbonyl (C=O) groups excluding carboxylic acids is 1. The number of hydrogen-bond acceptors (Lipinski definition) is 7. The first-order valence-corrected chi connectivity index (χ1v) is 11.7. The fourth-order valence-electron chi connectivity index (χ4n) is 3.56. The van der Waals surface area contributed by atoms with Gasteiger partial charge in [0, 0.05) is 22.2 Å². The van der Waals surface area contributed by atoms with Crippen LogP contribution >= 0.6 is 11.6 Å². The minimum absolute atomic E-state index is 0.0286. The highest BCUT2D eigenvalue weighted by atomic mass is 35.5. The van der Waals surface area contributed by atoms with Crippen LogP contribution < -0.4 is 13.7 Å². The monoisotopic (exact) mass is 484 g/mol. The summed E-state index contributed by atoms with van der Waals surface area (Å²) in [6, 6.07) is 14.0. The topological polar surface area (TPSA) is 88.1 Å². The van der Waals surface area contributed by atoms with E-state index in [4.69, 9.17) is 30.0 Å². The molecule has 9 heteroatoms. The molecule has 0 N–H and O–H groups in total. The molecule has 3 aromatic carbocycles. The van der Waals surface area contributed by atoms with E-state index < -0.39 is 10.1 Å². The summed E-state index contributed by atoms with van der Waals surface area (Å²) in [6.45, 7) is 2.30. The molecule has 3 aromatic rings. The van der Waals surface area contributed by atoms with E-state index >= 15 is 0 Å². The Kier molecular flexibility index (Phi) is 5.36. The number of halogens is 1. The van der Waals surface area contributed by atoms with Crippen molar-refractivity contribution in [2.75, 3.05) is 6.79 Å². The van der Waals surface area contributed by atoms with Gasteiger partial charge < -0.3 is 18.4 Å². The second-order valence-electron chi connectivity index (χ2n) is 7.54. The lowest BCUT2D eigenvalue weighted by molar-refractivity contribution is -0.0165. The van der Waals surface area contributed by atoms with Crippen molar-refractivity contribution in [3.8, 4) is 17.2 Å². The summed E-state index contributed by atoms with van der Waals surface area (Å²) in [4.78, 5) is 12.9. The Hall–Kier alpha value is -3.33. The Balaban J connectivity index is 1.43. The molecule has 0 bridgehead atoms. The van der Waals surface area contributed by atoms with Gasteiger partial charge in [0.05, 0.1) is 12.2 Å². The van der Waals surface area contributed by atoms with Gasteiger partial charge in [-0.25, -0.2) is 0 Å². The van der Waals surface area contributed by atoms with Crippen molar-refractivity contribution < 1.29 is 31.6 Å². The Morgan fingerprint density at radius 3 is 2.64 bits per heavy atom. The van der Waals surface area contributed by atoms with E-state index in [1.54, 1.807) is 30.3 Å². The van der Waals surface area contributed by atoms with Crippen LogP contribution in [0, 0.1) is 6.92 Å². The molecular formula is C24H17ClO7S. The lowest BCUT2D eigenvalue weighted by atomic mass is 10.1. The zero-order valence-electron chi connectivity index (χ0n) is 17.3. The second kappa shape index (κ2) is 8.22. The number of allylic oxidation sites excluding steroid dienone is 1. The smallest absolute Gasteiger partial charge is 0.339 e. The number of ketones is 1. The van der Waals surface area contributed by atoms with Gasteiger partial charge in [0.15, 0.2) is 12.6 Å². The molecule has 0 spiro atoms. The molecule has 5 rings (SSSR count). The first-order valence-electron chi connectivity index (χ1n) is 9.92. The first-order chi connectivity index (χ1) is 15.8. The van der Waals surface area contributed by atoms with Crippen LogP contribution in [-0.4, -0.2) is 21.0 Å². The first kappa shape index (κ1) is 21.5. The lowest BCUT2D eigenvalue weighted by Gasteiger charge is -2.20. The van der Waals surface area contributed by atoms with Gasteiger partial charge in [-0.1, -0.05) is 29.3 Å². The highest BCUT2D eigenvalue weighted by Crippen LogP contribution is 2.38. The number of benzene rings is 3. The lowest BCUT2D eigenvalue weighted by Crippen LogP contribution is -2.12. The van der Waals surface area contributed by atoms with Gasteiger partial charge in [-0.2, -0.15) is 8.42 Å². The summed E-state index contributed by atoms with van der Waals surface area (Å²) in [5.41, 5.74) is 2.56. The van der Waals surface area contributed by atoms with Crippen LogP contribution in [0.4, 0.5) is 0 Å². The number of aryl methyl sites for hydroxylation is 1. The van der Waals surface area contributed by atoms with Gasteiger partial charge in [0.1, 0.15) is 22.1 Å². The van der Waals surface area contributed by atoms with E-state index in [9.17, 15) is 13.2 Å². The van der Waals surface area contributed by atoms with Crippen LogP contribution in [0.5, 0.6) is 17.2 Å². The number of hydrogen-bond donors (Lipinski definition) is 0. The third-order valence-electron chi connectivity index (χ3n) is 5.15. The zero-order valence-corrected chi connectivity index (χ0v) is 18.9. The Bertz CT molecular complexity index is 1410. The SMILES string of the molecule is Cc1ccc(S(=O)(=O)Oc2ccc3c(c2)OC(=Cc2cc(Cl)cc4c2OCOC4)C3=O)cc1. The van der Waals surface area contributed by atoms with Crippen molar-refractivity contribution in [3.63, 3.8) is 0 Å². The number of rotatable bonds is 4.